The minimum atomic E-state index is -1.86. The zero-order valence-corrected chi connectivity index (χ0v) is 23.2. The molecule has 4 rings (SSSR count). The average Bonchev–Trinajstić information content (AvgIpc) is 3.52. The molecule has 1 aliphatic rings. The number of benzene rings is 2. The van der Waals surface area contributed by atoms with Gasteiger partial charge in [0.2, 0.25) is 23.4 Å². The lowest BCUT2D eigenvalue weighted by atomic mass is 9.95. The van der Waals surface area contributed by atoms with Crippen LogP contribution in [-0.4, -0.2) is 47.3 Å². The predicted octanol–water partition coefficient (Wildman–Crippen LogP) is 3.68. The molecule has 3 amide bonds. The number of ether oxygens (including phenoxy) is 1. The van der Waals surface area contributed by atoms with Crippen LogP contribution in [0.3, 0.4) is 0 Å². The Morgan fingerprint density at radius 3 is 2.33 bits per heavy atom. The molecule has 0 bridgehead atoms. The van der Waals surface area contributed by atoms with E-state index in [0.29, 0.717) is 18.4 Å². The van der Waals surface area contributed by atoms with Gasteiger partial charge in [0.15, 0.2) is 23.2 Å². The quantitative estimate of drug-likeness (QED) is 0.213. The van der Waals surface area contributed by atoms with Crippen molar-refractivity contribution in [3.63, 3.8) is 0 Å². The highest BCUT2D eigenvalue weighted by molar-refractivity contribution is 6.00. The number of nitrogens with zero attached hydrogens (tertiary/aromatic N) is 1. The van der Waals surface area contributed by atoms with Gasteiger partial charge < -0.3 is 25.7 Å². The largest absolute Gasteiger partial charge is 0.479 e. The number of carbonyl (C=O) groups excluding carboxylic acids is 4. The molecule has 4 N–H and O–H groups in total. The van der Waals surface area contributed by atoms with Crippen LogP contribution in [0.2, 0.25) is 0 Å². The van der Waals surface area contributed by atoms with Gasteiger partial charge in [-0.25, -0.2) is 13.2 Å². The molecule has 1 fully saturated rings. The number of hydrogen-bond acceptors (Lipinski definition) is 5. The molecule has 3 aromatic rings. The van der Waals surface area contributed by atoms with E-state index in [1.807, 2.05) is 0 Å². The Hall–Kier alpha value is -4.49. The van der Waals surface area contributed by atoms with Gasteiger partial charge in [0.25, 0.3) is 5.91 Å². The van der Waals surface area contributed by atoms with Crippen molar-refractivity contribution in [2.75, 3.05) is 13.2 Å². The molecule has 2 aromatic carbocycles. The van der Waals surface area contributed by atoms with E-state index in [0.717, 1.165) is 6.07 Å². The van der Waals surface area contributed by atoms with Crippen LogP contribution in [0.15, 0.2) is 30.3 Å². The Kier molecular flexibility index (Phi) is 9.36. The summed E-state index contributed by atoms with van der Waals surface area (Å²) in [5.74, 6) is -13.2. The molecule has 230 valence electrons. The lowest BCUT2D eigenvalue weighted by Gasteiger charge is -2.27. The number of hydrogen-bond donors (Lipinski definition) is 3. The number of rotatable bonds is 12. The van der Waals surface area contributed by atoms with E-state index in [4.69, 9.17) is 10.5 Å². The smallest absolute Gasteiger partial charge is 0.265 e. The SMILES string of the molecule is CC(C)C[C@@H](C(=O)N[C@@H](C[C@@H]1CCNC1=O)C(=O)COc1c(F)c(F)cc(F)c1F)n1c(C(N)=O)cc2ccc(F)cc21. The van der Waals surface area contributed by atoms with Crippen molar-refractivity contribution >= 4 is 34.4 Å². The maximum Gasteiger partial charge on any atom is 0.265 e. The van der Waals surface area contributed by atoms with Gasteiger partial charge in [-0.05, 0) is 49.4 Å². The summed E-state index contributed by atoms with van der Waals surface area (Å²) in [7, 11) is 0. The van der Waals surface area contributed by atoms with Crippen LogP contribution in [0, 0.1) is 40.9 Å². The van der Waals surface area contributed by atoms with E-state index in [1.165, 1.54) is 22.8 Å². The molecule has 3 atom stereocenters. The van der Waals surface area contributed by atoms with Crippen molar-refractivity contribution in [1.82, 2.24) is 15.2 Å². The van der Waals surface area contributed by atoms with Crippen LogP contribution in [-0.2, 0) is 14.4 Å². The number of carbonyl (C=O) groups is 4. The molecule has 2 heterocycles. The summed E-state index contributed by atoms with van der Waals surface area (Å²) in [5, 5.41) is 5.57. The van der Waals surface area contributed by atoms with Gasteiger partial charge in [0.05, 0.1) is 11.6 Å². The first-order chi connectivity index (χ1) is 20.3. The number of nitrogens with two attached hydrogens (primary N) is 1. The van der Waals surface area contributed by atoms with E-state index >= 15 is 0 Å². The third-order valence-electron chi connectivity index (χ3n) is 7.18. The molecular weight excluding hydrogens is 579 g/mol. The second-order valence-electron chi connectivity index (χ2n) is 10.7. The molecule has 1 aromatic heterocycles. The summed E-state index contributed by atoms with van der Waals surface area (Å²) < 4.78 is 75.8. The van der Waals surface area contributed by atoms with Crippen LogP contribution in [0.4, 0.5) is 22.0 Å². The summed E-state index contributed by atoms with van der Waals surface area (Å²) in [6, 6.07) is 2.44. The molecule has 0 aliphatic carbocycles. The summed E-state index contributed by atoms with van der Waals surface area (Å²) in [5.41, 5.74) is 5.68. The van der Waals surface area contributed by atoms with E-state index < -0.39 is 77.0 Å². The fourth-order valence-corrected chi connectivity index (χ4v) is 5.11. The topological polar surface area (TPSA) is 133 Å². The Labute approximate surface area is 242 Å². The molecule has 1 saturated heterocycles. The van der Waals surface area contributed by atoms with Crippen molar-refractivity contribution in [3.8, 4) is 5.75 Å². The Balaban J connectivity index is 1.67. The highest BCUT2D eigenvalue weighted by Gasteiger charge is 2.35. The van der Waals surface area contributed by atoms with Gasteiger partial charge in [-0.2, -0.15) is 8.78 Å². The van der Waals surface area contributed by atoms with Crippen LogP contribution >= 0.6 is 0 Å². The maximum atomic E-state index is 14.2. The molecule has 0 unspecified atom stereocenters. The van der Waals surface area contributed by atoms with E-state index in [2.05, 4.69) is 10.6 Å². The van der Waals surface area contributed by atoms with Crippen LogP contribution < -0.4 is 21.1 Å². The van der Waals surface area contributed by atoms with Gasteiger partial charge in [0.1, 0.15) is 24.2 Å². The van der Waals surface area contributed by atoms with Gasteiger partial charge >= 0.3 is 0 Å². The Morgan fingerprint density at radius 2 is 1.74 bits per heavy atom. The fraction of sp³-hybridized carbons (Fsp3) is 0.379. The zero-order chi connectivity index (χ0) is 31.6. The van der Waals surface area contributed by atoms with Gasteiger partial charge in [0, 0.05) is 23.9 Å². The minimum absolute atomic E-state index is 0.0207. The fourth-order valence-electron chi connectivity index (χ4n) is 5.11. The second-order valence-corrected chi connectivity index (χ2v) is 10.7. The highest BCUT2D eigenvalue weighted by atomic mass is 19.2. The van der Waals surface area contributed by atoms with Gasteiger partial charge in [-0.1, -0.05) is 13.8 Å². The van der Waals surface area contributed by atoms with Crippen LogP contribution in [0.1, 0.15) is 49.6 Å². The number of ketones is 1. The molecule has 14 heteroatoms. The van der Waals surface area contributed by atoms with Gasteiger partial charge in [-0.3, -0.25) is 19.2 Å². The van der Waals surface area contributed by atoms with Crippen molar-refractivity contribution in [1.29, 1.82) is 0 Å². The number of halogens is 5. The molecular formula is C29H29F5N4O5. The monoisotopic (exact) mass is 608 g/mol. The zero-order valence-electron chi connectivity index (χ0n) is 23.2. The van der Waals surface area contributed by atoms with Gasteiger partial charge in [-0.15, -0.1) is 0 Å². The number of fused-ring (bicyclic) bond motifs is 1. The first-order valence-electron chi connectivity index (χ1n) is 13.4. The van der Waals surface area contributed by atoms with Crippen LogP contribution in [0.25, 0.3) is 10.9 Å². The molecule has 43 heavy (non-hydrogen) atoms. The standard InChI is InChI=1S/C29H29F5N4O5/c1-13(2)7-22(38-20-10-16(30)4-3-14(20)9-21(38)27(35)40)29(42)37-19(8-15-5-6-36-28(15)41)23(39)12-43-26-24(33)17(31)11-18(32)25(26)34/h3-4,9-11,13,15,19,22H,5-8,12H2,1-2H3,(H2,35,40)(H,36,41)(H,37,42)/t15-,19-,22-/m0/s1. The normalized spacial score (nSPS) is 16.3. The van der Waals surface area contributed by atoms with Crippen LogP contribution in [0.5, 0.6) is 5.75 Å². The number of Topliss-reactive ketones (excluding diaryl/α,β-unsaturated/α-hetero) is 1. The Bertz CT molecular complexity index is 1560. The second kappa shape index (κ2) is 12.8. The minimum Gasteiger partial charge on any atom is -0.479 e. The lowest BCUT2D eigenvalue weighted by molar-refractivity contribution is -0.132. The number of nitrogens with one attached hydrogen (secondary N) is 2. The van der Waals surface area contributed by atoms with Crippen molar-refractivity contribution in [2.45, 2.75) is 45.2 Å². The molecule has 0 saturated carbocycles. The summed E-state index contributed by atoms with van der Waals surface area (Å²) >= 11 is 0. The summed E-state index contributed by atoms with van der Waals surface area (Å²) in [6.07, 6.45) is 0.188. The molecule has 0 radical (unpaired) electrons. The van der Waals surface area contributed by atoms with E-state index in [9.17, 15) is 41.1 Å². The summed E-state index contributed by atoms with van der Waals surface area (Å²) in [4.78, 5) is 51.7. The van der Waals surface area contributed by atoms with Crippen molar-refractivity contribution in [3.05, 3.63) is 65.1 Å². The molecule has 0 spiro atoms. The molecule has 9 nitrogen and oxygen atoms in total. The first-order valence-corrected chi connectivity index (χ1v) is 13.4. The molecule has 1 aliphatic heterocycles. The lowest BCUT2D eigenvalue weighted by Crippen LogP contribution is -2.47. The maximum absolute atomic E-state index is 14.2. The van der Waals surface area contributed by atoms with E-state index in [-0.39, 0.29) is 41.9 Å². The van der Waals surface area contributed by atoms with Crippen molar-refractivity contribution in [2.24, 2.45) is 17.6 Å². The van der Waals surface area contributed by atoms with E-state index in [1.54, 1.807) is 13.8 Å². The highest BCUT2D eigenvalue weighted by Crippen LogP contribution is 2.30. The number of amides is 3. The van der Waals surface area contributed by atoms with Crippen molar-refractivity contribution < 1.29 is 45.9 Å². The third kappa shape index (κ3) is 6.78. The predicted molar refractivity (Wildman–Crippen MR) is 143 cm³/mol. The number of aromatic nitrogens is 1. The first kappa shape index (κ1) is 31.4. The summed E-state index contributed by atoms with van der Waals surface area (Å²) in [6.45, 7) is 2.77. The number of primary amides is 1. The third-order valence-corrected chi connectivity index (χ3v) is 7.18. The Morgan fingerprint density at radius 1 is 1.07 bits per heavy atom. The average molecular weight is 609 g/mol.